The summed E-state index contributed by atoms with van der Waals surface area (Å²) >= 11 is 0. The van der Waals surface area contributed by atoms with Crippen LogP contribution in [0.4, 0.5) is 5.69 Å². The van der Waals surface area contributed by atoms with Crippen LogP contribution >= 0.6 is 0 Å². The van der Waals surface area contributed by atoms with Crippen molar-refractivity contribution in [2.24, 2.45) is 0 Å². The van der Waals surface area contributed by atoms with Gasteiger partial charge in [0.05, 0.1) is 13.2 Å². The summed E-state index contributed by atoms with van der Waals surface area (Å²) in [5, 5.41) is 18.3. The largest absolute Gasteiger partial charge is 0.372 e. The molecule has 0 N–H and O–H groups in total. The molecule has 30 heavy (non-hydrogen) atoms. The quantitative estimate of drug-likeness (QED) is 0.644. The van der Waals surface area contributed by atoms with Crippen molar-refractivity contribution >= 4 is 11.8 Å². The molecular weight excluding hydrogens is 370 g/mol. The Bertz CT molecular complexity index is 1000. The van der Waals surface area contributed by atoms with Gasteiger partial charge in [-0.25, -0.2) is 0 Å². The topological polar surface area (TPSA) is 60.0 Å². The van der Waals surface area contributed by atoms with E-state index in [4.69, 9.17) is 15.3 Å². The number of ether oxygens (including phenoxy) is 1. The Morgan fingerprint density at radius 1 is 0.967 bits per heavy atom. The van der Waals surface area contributed by atoms with Crippen LogP contribution in [0.1, 0.15) is 57.2 Å². The Kier molecular flexibility index (Phi) is 5.08. The van der Waals surface area contributed by atoms with Crippen LogP contribution in [0.25, 0.3) is 6.08 Å². The second kappa shape index (κ2) is 7.46. The first-order chi connectivity index (χ1) is 14.2. The van der Waals surface area contributed by atoms with Crippen LogP contribution in [0.2, 0.25) is 0 Å². The highest BCUT2D eigenvalue weighted by atomic mass is 16.5. The summed E-state index contributed by atoms with van der Waals surface area (Å²) in [6.07, 6.45) is 8.47. The van der Waals surface area contributed by atoms with E-state index < -0.39 is 0 Å². The molecule has 0 amide bonds. The molecule has 1 aromatic rings. The highest BCUT2D eigenvalue weighted by molar-refractivity contribution is 5.72. The Labute approximate surface area is 179 Å². The summed E-state index contributed by atoms with van der Waals surface area (Å²) in [6.45, 7) is 12.5. The van der Waals surface area contributed by atoms with E-state index in [2.05, 4.69) is 56.9 Å². The van der Waals surface area contributed by atoms with E-state index in [1.54, 1.807) is 0 Å². The maximum Gasteiger partial charge on any atom is 0.135 e. The van der Waals surface area contributed by atoms with Crippen molar-refractivity contribution < 1.29 is 4.74 Å². The van der Waals surface area contributed by atoms with Crippen LogP contribution in [0.15, 0.2) is 41.0 Å². The number of allylic oxidation sites excluding steroid dienone is 1. The first-order valence-corrected chi connectivity index (χ1v) is 10.7. The van der Waals surface area contributed by atoms with Gasteiger partial charge in [-0.1, -0.05) is 39.8 Å². The van der Waals surface area contributed by atoms with E-state index in [9.17, 15) is 0 Å². The smallest absolute Gasteiger partial charge is 0.135 e. The molecule has 3 aliphatic heterocycles. The summed E-state index contributed by atoms with van der Waals surface area (Å²) in [5.41, 5.74) is 7.64. The molecule has 0 aromatic heterocycles. The van der Waals surface area contributed by atoms with Gasteiger partial charge in [-0.15, -0.1) is 0 Å². The van der Waals surface area contributed by atoms with Gasteiger partial charge in [-0.05, 0) is 64.1 Å². The van der Waals surface area contributed by atoms with E-state index in [1.807, 2.05) is 18.2 Å². The number of nitrogens with zero attached hydrogens (tertiary/aromatic N) is 3. The molecule has 4 rings (SSSR count). The zero-order valence-corrected chi connectivity index (χ0v) is 18.4. The molecular formula is C26H29N3O. The molecule has 0 fully saturated rings. The van der Waals surface area contributed by atoms with Gasteiger partial charge >= 0.3 is 0 Å². The molecule has 1 aromatic carbocycles. The van der Waals surface area contributed by atoms with Crippen LogP contribution in [-0.4, -0.2) is 26.3 Å². The highest BCUT2D eigenvalue weighted by Crippen LogP contribution is 2.49. The SMILES string of the molecule is CC1(C)CCN2CCC(C)(C)c3cc(/C=C/C4=CC(=C(C#N)C#N)COC4)cc1c32. The fraction of sp³-hybridized carbons (Fsp3) is 0.462. The van der Waals surface area contributed by atoms with E-state index in [0.717, 1.165) is 18.7 Å². The third kappa shape index (κ3) is 3.57. The summed E-state index contributed by atoms with van der Waals surface area (Å²) in [5.74, 6) is 0. The average molecular weight is 400 g/mol. The van der Waals surface area contributed by atoms with Gasteiger partial charge in [0.25, 0.3) is 0 Å². The number of benzene rings is 1. The number of nitriles is 2. The lowest BCUT2D eigenvalue weighted by Gasteiger charge is -2.48. The lowest BCUT2D eigenvalue weighted by atomic mass is 9.69. The highest BCUT2D eigenvalue weighted by Gasteiger charge is 2.39. The molecule has 3 heterocycles. The number of rotatable bonds is 2. The van der Waals surface area contributed by atoms with Crippen molar-refractivity contribution in [3.8, 4) is 12.1 Å². The minimum Gasteiger partial charge on any atom is -0.372 e. The lowest BCUT2D eigenvalue weighted by molar-refractivity contribution is 0.177. The van der Waals surface area contributed by atoms with Gasteiger partial charge < -0.3 is 9.64 Å². The van der Waals surface area contributed by atoms with E-state index >= 15 is 0 Å². The molecule has 4 heteroatoms. The first kappa shape index (κ1) is 20.5. The third-order valence-electron chi connectivity index (χ3n) is 6.84. The van der Waals surface area contributed by atoms with Crippen molar-refractivity contribution in [1.82, 2.24) is 0 Å². The summed E-state index contributed by atoms with van der Waals surface area (Å²) in [4.78, 5) is 2.58. The second-order valence-electron chi connectivity index (χ2n) is 9.89. The van der Waals surface area contributed by atoms with Crippen LogP contribution < -0.4 is 4.90 Å². The molecule has 0 spiro atoms. The fourth-order valence-corrected chi connectivity index (χ4v) is 4.76. The summed E-state index contributed by atoms with van der Waals surface area (Å²) in [7, 11) is 0. The molecule has 0 atom stereocenters. The first-order valence-electron chi connectivity index (χ1n) is 10.7. The molecule has 0 saturated carbocycles. The van der Waals surface area contributed by atoms with Crippen molar-refractivity contribution in [3.63, 3.8) is 0 Å². The number of hydrogen-bond acceptors (Lipinski definition) is 4. The maximum atomic E-state index is 9.13. The Hall–Kier alpha value is -2.82. The minimum absolute atomic E-state index is 0.127. The lowest BCUT2D eigenvalue weighted by Crippen LogP contribution is -2.44. The van der Waals surface area contributed by atoms with Crippen LogP contribution in [0.5, 0.6) is 0 Å². The molecule has 0 aliphatic carbocycles. The zero-order chi connectivity index (χ0) is 21.5. The van der Waals surface area contributed by atoms with Gasteiger partial charge in [-0.2, -0.15) is 10.5 Å². The summed E-state index contributed by atoms with van der Waals surface area (Å²) in [6, 6.07) is 8.61. The van der Waals surface area contributed by atoms with Crippen molar-refractivity contribution in [3.05, 3.63) is 57.7 Å². The molecule has 3 aliphatic rings. The normalized spacial score (nSPS) is 21.5. The molecule has 0 radical (unpaired) electrons. The molecule has 0 saturated heterocycles. The van der Waals surface area contributed by atoms with Gasteiger partial charge in [0.1, 0.15) is 17.7 Å². The third-order valence-corrected chi connectivity index (χ3v) is 6.84. The fourth-order valence-electron chi connectivity index (χ4n) is 4.76. The Balaban J connectivity index is 1.76. The van der Waals surface area contributed by atoms with Crippen LogP contribution in [-0.2, 0) is 15.6 Å². The maximum absolute atomic E-state index is 9.13. The summed E-state index contributed by atoms with van der Waals surface area (Å²) < 4.78 is 5.61. The number of anilines is 1. The average Bonchev–Trinajstić information content (AvgIpc) is 2.72. The standard InChI is InChI=1S/C26H29N3O/c1-25(2)7-9-29-10-8-26(3,4)23-13-18(12-22(25)24(23)29)5-6-19-11-20(17-30-16-19)21(14-27)15-28/h5-6,11-13H,7-10,16-17H2,1-4H3/b6-5+. The van der Waals surface area contributed by atoms with Gasteiger partial charge in [0, 0.05) is 24.4 Å². The van der Waals surface area contributed by atoms with Crippen molar-refractivity contribution in [2.45, 2.75) is 51.4 Å². The van der Waals surface area contributed by atoms with Crippen molar-refractivity contribution in [2.75, 3.05) is 31.2 Å². The van der Waals surface area contributed by atoms with Gasteiger partial charge in [0.15, 0.2) is 0 Å². The predicted molar refractivity (Wildman–Crippen MR) is 120 cm³/mol. The van der Waals surface area contributed by atoms with Crippen LogP contribution in [0, 0.1) is 22.7 Å². The molecule has 0 unspecified atom stereocenters. The number of hydrogen-bond donors (Lipinski definition) is 0. The molecule has 4 nitrogen and oxygen atoms in total. The predicted octanol–water partition coefficient (Wildman–Crippen LogP) is 5.17. The van der Waals surface area contributed by atoms with E-state index in [-0.39, 0.29) is 16.4 Å². The monoisotopic (exact) mass is 399 g/mol. The Morgan fingerprint density at radius 2 is 1.57 bits per heavy atom. The zero-order valence-electron chi connectivity index (χ0n) is 18.4. The van der Waals surface area contributed by atoms with Crippen molar-refractivity contribution in [1.29, 1.82) is 10.5 Å². The Morgan fingerprint density at radius 3 is 2.13 bits per heavy atom. The van der Waals surface area contributed by atoms with Crippen LogP contribution in [0.3, 0.4) is 0 Å². The van der Waals surface area contributed by atoms with Gasteiger partial charge in [-0.3, -0.25) is 0 Å². The minimum atomic E-state index is 0.127. The van der Waals surface area contributed by atoms with E-state index in [1.165, 1.54) is 35.2 Å². The molecule has 154 valence electrons. The van der Waals surface area contributed by atoms with Gasteiger partial charge in [0.2, 0.25) is 0 Å². The second-order valence-corrected chi connectivity index (χ2v) is 9.89. The van der Waals surface area contributed by atoms with E-state index in [0.29, 0.717) is 18.8 Å². The molecule has 0 bridgehead atoms.